The number of rotatable bonds is 7. The van der Waals surface area contributed by atoms with Gasteiger partial charge in [-0.3, -0.25) is 4.68 Å². The highest BCUT2D eigenvalue weighted by molar-refractivity contribution is 14.0. The summed E-state index contributed by atoms with van der Waals surface area (Å²) in [4.78, 5) is 4.63. The van der Waals surface area contributed by atoms with Crippen LogP contribution in [0.5, 0.6) is 0 Å². The van der Waals surface area contributed by atoms with Crippen LogP contribution in [0.25, 0.3) is 0 Å². The Morgan fingerprint density at radius 1 is 1.25 bits per heavy atom. The fraction of sp³-hybridized carbons (Fsp3) is 0.444. The Morgan fingerprint density at radius 3 is 2.62 bits per heavy atom. The first-order valence-electron chi connectivity index (χ1n) is 8.23. The van der Waals surface area contributed by atoms with Gasteiger partial charge in [-0.05, 0) is 32.3 Å². The largest absolute Gasteiger partial charge is 0.357 e. The summed E-state index contributed by atoms with van der Waals surface area (Å²) in [7, 11) is 1.92. The third kappa shape index (κ3) is 7.33. The lowest BCUT2D eigenvalue weighted by molar-refractivity contribution is 0.593. The van der Waals surface area contributed by atoms with E-state index in [9.17, 15) is 0 Å². The molecule has 0 fully saturated rings. The second-order valence-electron chi connectivity index (χ2n) is 5.79. The van der Waals surface area contributed by atoms with Crippen molar-refractivity contribution >= 4 is 29.9 Å². The van der Waals surface area contributed by atoms with Crippen molar-refractivity contribution in [1.29, 1.82) is 0 Å². The van der Waals surface area contributed by atoms with Gasteiger partial charge in [0.25, 0.3) is 0 Å². The summed E-state index contributed by atoms with van der Waals surface area (Å²) in [5.41, 5.74) is 2.49. The molecule has 0 radical (unpaired) electrons. The molecule has 2 N–H and O–H groups in total. The Balaban J connectivity index is 0.00000288. The van der Waals surface area contributed by atoms with Crippen molar-refractivity contribution in [3.05, 3.63) is 53.9 Å². The zero-order valence-corrected chi connectivity index (χ0v) is 17.0. The maximum Gasteiger partial charge on any atom is 0.191 e. The van der Waals surface area contributed by atoms with Gasteiger partial charge in [0, 0.05) is 31.4 Å². The molecule has 0 aliphatic carbocycles. The van der Waals surface area contributed by atoms with Crippen molar-refractivity contribution < 1.29 is 0 Å². The van der Waals surface area contributed by atoms with Gasteiger partial charge in [-0.1, -0.05) is 30.3 Å². The molecule has 0 saturated carbocycles. The first kappa shape index (κ1) is 20.5. The minimum absolute atomic E-state index is 0. The number of guanidine groups is 1. The highest BCUT2D eigenvalue weighted by atomic mass is 127. The van der Waals surface area contributed by atoms with E-state index in [1.165, 1.54) is 5.56 Å². The van der Waals surface area contributed by atoms with Crippen molar-refractivity contribution in [2.75, 3.05) is 6.54 Å². The topological polar surface area (TPSA) is 54.2 Å². The van der Waals surface area contributed by atoms with Crippen LogP contribution in [-0.2, 0) is 20.0 Å². The van der Waals surface area contributed by atoms with Gasteiger partial charge in [-0.25, -0.2) is 4.99 Å². The van der Waals surface area contributed by atoms with Crippen LogP contribution in [0.3, 0.4) is 0 Å². The lowest BCUT2D eigenvalue weighted by atomic mass is 10.1. The van der Waals surface area contributed by atoms with Crippen LogP contribution in [0.2, 0.25) is 0 Å². The predicted molar refractivity (Wildman–Crippen MR) is 111 cm³/mol. The third-order valence-electron chi connectivity index (χ3n) is 3.61. The average molecular weight is 441 g/mol. The highest BCUT2D eigenvalue weighted by Crippen LogP contribution is 2.05. The molecule has 0 aliphatic rings. The molecule has 5 nitrogen and oxygen atoms in total. The Bertz CT molecular complexity index is 609. The van der Waals surface area contributed by atoms with Gasteiger partial charge in [-0.15, -0.1) is 24.0 Å². The van der Waals surface area contributed by atoms with Crippen molar-refractivity contribution in [2.24, 2.45) is 12.0 Å². The summed E-state index contributed by atoms with van der Waals surface area (Å²) in [6.07, 6.45) is 5.98. The molecule has 0 saturated heterocycles. The summed E-state index contributed by atoms with van der Waals surface area (Å²) in [5, 5.41) is 10.9. The van der Waals surface area contributed by atoms with Crippen LogP contribution in [0, 0.1) is 0 Å². The summed E-state index contributed by atoms with van der Waals surface area (Å²) in [6.45, 7) is 5.76. The minimum atomic E-state index is 0. The standard InChI is InChI=1S/C18H27N5.HI/c1-4-19-18(20-12-17-13-21-23(3)14-17)22-15(2)10-11-16-8-6-5-7-9-16;/h5-9,13-15H,4,10-12H2,1-3H3,(H2,19,20,22);1H. The van der Waals surface area contributed by atoms with Crippen LogP contribution in [0.15, 0.2) is 47.7 Å². The number of aryl methyl sites for hydroxylation is 2. The third-order valence-corrected chi connectivity index (χ3v) is 3.61. The van der Waals surface area contributed by atoms with Crippen LogP contribution < -0.4 is 10.6 Å². The molecule has 6 heteroatoms. The molecule has 0 bridgehead atoms. The molecule has 1 atom stereocenters. The van der Waals surface area contributed by atoms with Gasteiger partial charge < -0.3 is 10.6 Å². The molecule has 2 rings (SSSR count). The van der Waals surface area contributed by atoms with Gasteiger partial charge in [0.05, 0.1) is 12.7 Å². The van der Waals surface area contributed by atoms with E-state index in [2.05, 4.69) is 64.9 Å². The van der Waals surface area contributed by atoms with Gasteiger partial charge >= 0.3 is 0 Å². The highest BCUT2D eigenvalue weighted by Gasteiger charge is 2.06. The average Bonchev–Trinajstić information content (AvgIpc) is 2.97. The summed E-state index contributed by atoms with van der Waals surface area (Å²) < 4.78 is 1.80. The lowest BCUT2D eigenvalue weighted by Crippen LogP contribution is -2.42. The Kier molecular flexibility index (Phi) is 9.44. The quantitative estimate of drug-likeness (QED) is 0.395. The molecule has 1 aromatic heterocycles. The summed E-state index contributed by atoms with van der Waals surface area (Å²) in [6, 6.07) is 10.9. The summed E-state index contributed by atoms with van der Waals surface area (Å²) in [5.74, 6) is 0.858. The number of aromatic nitrogens is 2. The second kappa shape index (κ2) is 11.1. The van der Waals surface area contributed by atoms with Crippen molar-refractivity contribution in [3.8, 4) is 0 Å². The SMILES string of the molecule is CCNC(=NCc1cnn(C)c1)NC(C)CCc1ccccc1.I. The van der Waals surface area contributed by atoms with Crippen molar-refractivity contribution in [3.63, 3.8) is 0 Å². The fourth-order valence-corrected chi connectivity index (χ4v) is 2.38. The second-order valence-corrected chi connectivity index (χ2v) is 5.79. The smallest absolute Gasteiger partial charge is 0.191 e. The van der Waals surface area contributed by atoms with E-state index < -0.39 is 0 Å². The number of hydrogen-bond acceptors (Lipinski definition) is 2. The fourth-order valence-electron chi connectivity index (χ4n) is 2.38. The molecule has 1 aromatic carbocycles. The van der Waals surface area contributed by atoms with E-state index in [0.29, 0.717) is 12.6 Å². The molecule has 0 amide bonds. The molecule has 1 heterocycles. The van der Waals surface area contributed by atoms with Gasteiger partial charge in [0.1, 0.15) is 0 Å². The first-order chi connectivity index (χ1) is 11.2. The summed E-state index contributed by atoms with van der Waals surface area (Å²) >= 11 is 0. The Hall–Kier alpha value is -1.57. The normalized spacial score (nSPS) is 12.4. The number of hydrogen-bond donors (Lipinski definition) is 2. The molecule has 24 heavy (non-hydrogen) atoms. The predicted octanol–water partition coefficient (Wildman–Crippen LogP) is 3.11. The zero-order chi connectivity index (χ0) is 16.5. The number of halogens is 1. The van der Waals surface area contributed by atoms with Gasteiger partial charge in [0.15, 0.2) is 5.96 Å². The van der Waals surface area contributed by atoms with Crippen molar-refractivity contribution in [2.45, 2.75) is 39.3 Å². The molecular weight excluding hydrogens is 413 g/mol. The van der Waals surface area contributed by atoms with Crippen LogP contribution in [0.4, 0.5) is 0 Å². The van der Waals surface area contributed by atoms with E-state index in [0.717, 1.165) is 30.9 Å². The first-order valence-corrected chi connectivity index (χ1v) is 8.23. The molecule has 132 valence electrons. The van der Waals surface area contributed by atoms with E-state index in [1.807, 2.05) is 19.4 Å². The Morgan fingerprint density at radius 2 is 2.00 bits per heavy atom. The van der Waals surface area contributed by atoms with Crippen LogP contribution >= 0.6 is 24.0 Å². The minimum Gasteiger partial charge on any atom is -0.357 e. The molecular formula is C18H28IN5. The van der Waals surface area contributed by atoms with E-state index in [-0.39, 0.29) is 24.0 Å². The van der Waals surface area contributed by atoms with Crippen LogP contribution in [-0.4, -0.2) is 28.3 Å². The number of nitrogens with one attached hydrogen (secondary N) is 2. The van der Waals surface area contributed by atoms with Gasteiger partial charge in [0.2, 0.25) is 0 Å². The molecule has 1 unspecified atom stereocenters. The monoisotopic (exact) mass is 441 g/mol. The maximum absolute atomic E-state index is 4.63. The Labute approximate surface area is 162 Å². The van der Waals surface area contributed by atoms with E-state index in [4.69, 9.17) is 0 Å². The van der Waals surface area contributed by atoms with E-state index >= 15 is 0 Å². The maximum atomic E-state index is 4.63. The molecule has 0 spiro atoms. The molecule has 0 aliphatic heterocycles. The number of benzene rings is 1. The molecule has 2 aromatic rings. The van der Waals surface area contributed by atoms with Crippen molar-refractivity contribution in [1.82, 2.24) is 20.4 Å². The van der Waals surface area contributed by atoms with Gasteiger partial charge in [-0.2, -0.15) is 5.10 Å². The van der Waals surface area contributed by atoms with Crippen LogP contribution in [0.1, 0.15) is 31.4 Å². The lowest BCUT2D eigenvalue weighted by Gasteiger charge is -2.17. The van der Waals surface area contributed by atoms with E-state index in [1.54, 1.807) is 4.68 Å². The number of nitrogens with zero attached hydrogens (tertiary/aromatic N) is 3. The zero-order valence-electron chi connectivity index (χ0n) is 14.7. The number of aliphatic imine (C=N–C) groups is 1.